The van der Waals surface area contributed by atoms with Crippen LogP contribution < -0.4 is 15.4 Å². The van der Waals surface area contributed by atoms with Crippen LogP contribution in [-0.2, 0) is 4.79 Å². The molecule has 1 aliphatic heterocycles. The second kappa shape index (κ2) is 8.69. The molecule has 0 aliphatic carbocycles. The highest BCUT2D eigenvalue weighted by Crippen LogP contribution is 2.28. The van der Waals surface area contributed by atoms with Gasteiger partial charge in [-0.15, -0.1) is 0 Å². The van der Waals surface area contributed by atoms with Crippen molar-refractivity contribution in [2.45, 2.75) is 37.1 Å². The molecule has 0 fully saturated rings. The summed E-state index contributed by atoms with van der Waals surface area (Å²) in [6, 6.07) is 0.909. The van der Waals surface area contributed by atoms with Gasteiger partial charge < -0.3 is 10.1 Å². The lowest BCUT2D eigenvalue weighted by molar-refractivity contribution is -0.190. The molecule has 2 rings (SSSR count). The lowest BCUT2D eigenvalue weighted by atomic mass is 10.1. The second-order valence-electron chi connectivity index (χ2n) is 5.99. The van der Waals surface area contributed by atoms with Crippen LogP contribution in [0.25, 0.3) is 5.70 Å². The number of alkyl halides is 6. The molecule has 1 aliphatic rings. The number of nitrogens with zero attached hydrogens (tertiary/aromatic N) is 2. The minimum atomic E-state index is -4.67. The van der Waals surface area contributed by atoms with Crippen LogP contribution in [0, 0.1) is 5.82 Å². The van der Waals surface area contributed by atoms with Gasteiger partial charge >= 0.3 is 11.0 Å². The monoisotopic (exact) mass is 488 g/mol. The minimum Gasteiger partial charge on any atom is -0.463 e. The number of halogens is 7. The van der Waals surface area contributed by atoms with Gasteiger partial charge in [-0.2, -0.15) is 22.0 Å². The summed E-state index contributed by atoms with van der Waals surface area (Å²) in [5.41, 5.74) is 0.765. The summed E-state index contributed by atoms with van der Waals surface area (Å²) < 4.78 is 81.7. The van der Waals surface area contributed by atoms with E-state index in [0.29, 0.717) is 5.70 Å². The Labute approximate surface area is 169 Å². The number of Topliss-reactive ketones (excluding diaryl/α,β-unsaturated/α-hetero) is 1. The molecule has 2 heterocycles. The van der Waals surface area contributed by atoms with Crippen molar-refractivity contribution in [2.75, 3.05) is 6.54 Å². The normalized spacial score (nSPS) is 18.4. The standard InChI is InChI=1S/C16H15BrF6N4O2/c1-7-13(25-6-12(27-7)24-5-11(28)15(17,19)20)9-3-10(18)14(26-4-9)29-8(2)16(21,22)23/h3-4,6,8,12,24,27H,5H2,1-2H3/t8-,12?/m0/s1. The predicted octanol–water partition coefficient (Wildman–Crippen LogP) is 3.39. The summed E-state index contributed by atoms with van der Waals surface area (Å²) >= 11 is 1.96. The Morgan fingerprint density at radius 2 is 2.03 bits per heavy atom. The lowest BCUT2D eigenvalue weighted by Crippen LogP contribution is -2.48. The molecule has 0 saturated heterocycles. The number of carbonyl (C=O) groups excluding carboxylic acids is 1. The average Bonchev–Trinajstić information content (AvgIpc) is 2.59. The molecule has 2 atom stereocenters. The van der Waals surface area contributed by atoms with Gasteiger partial charge in [-0.1, -0.05) is 0 Å². The van der Waals surface area contributed by atoms with E-state index in [4.69, 9.17) is 0 Å². The van der Waals surface area contributed by atoms with Crippen LogP contribution in [0.1, 0.15) is 19.4 Å². The number of ketones is 1. The molecule has 6 nitrogen and oxygen atoms in total. The molecule has 1 unspecified atom stereocenters. The molecule has 0 spiro atoms. The van der Waals surface area contributed by atoms with E-state index in [9.17, 15) is 31.1 Å². The van der Waals surface area contributed by atoms with Crippen molar-refractivity contribution in [3.8, 4) is 5.88 Å². The van der Waals surface area contributed by atoms with E-state index in [0.717, 1.165) is 19.2 Å². The van der Waals surface area contributed by atoms with Crippen LogP contribution in [0.15, 0.2) is 23.0 Å². The Morgan fingerprint density at radius 3 is 2.55 bits per heavy atom. The highest BCUT2D eigenvalue weighted by atomic mass is 79.9. The predicted molar refractivity (Wildman–Crippen MR) is 95.2 cm³/mol. The number of pyridine rings is 1. The van der Waals surface area contributed by atoms with E-state index in [1.165, 1.54) is 6.21 Å². The molecule has 0 saturated carbocycles. The minimum absolute atomic E-state index is 0.150. The van der Waals surface area contributed by atoms with Crippen LogP contribution in [0.5, 0.6) is 5.88 Å². The van der Waals surface area contributed by atoms with E-state index in [1.807, 2.05) is 15.9 Å². The van der Waals surface area contributed by atoms with E-state index in [1.54, 1.807) is 6.92 Å². The van der Waals surface area contributed by atoms with Crippen LogP contribution in [-0.4, -0.2) is 46.8 Å². The number of carbonyl (C=O) groups is 1. The van der Waals surface area contributed by atoms with Gasteiger partial charge in [-0.25, -0.2) is 9.37 Å². The number of allylic oxidation sites excluding steroid dienone is 1. The Balaban J connectivity index is 2.07. The fourth-order valence-electron chi connectivity index (χ4n) is 2.16. The molecule has 0 radical (unpaired) electrons. The van der Waals surface area contributed by atoms with Gasteiger partial charge in [-0.3, -0.25) is 15.1 Å². The number of hydrogen-bond acceptors (Lipinski definition) is 6. The Morgan fingerprint density at radius 1 is 1.38 bits per heavy atom. The molecule has 1 aromatic heterocycles. The maximum Gasteiger partial charge on any atom is 0.425 e. The molecule has 160 valence electrons. The largest absolute Gasteiger partial charge is 0.463 e. The molecule has 29 heavy (non-hydrogen) atoms. The maximum atomic E-state index is 14.1. The van der Waals surface area contributed by atoms with Crippen molar-refractivity contribution in [1.29, 1.82) is 0 Å². The molecule has 1 aromatic rings. The first kappa shape index (κ1) is 23.1. The SMILES string of the molecule is CC1=C(c2cnc(O[C@@H](C)C(F)(F)F)c(F)c2)N=CC(NCC(=O)C(F)(F)Br)N1. The summed E-state index contributed by atoms with van der Waals surface area (Å²) in [5.74, 6) is -3.30. The van der Waals surface area contributed by atoms with Crippen LogP contribution in [0.3, 0.4) is 0 Å². The zero-order valence-corrected chi connectivity index (χ0v) is 16.5. The summed E-state index contributed by atoms with van der Waals surface area (Å²) in [6.45, 7) is 1.63. The summed E-state index contributed by atoms with van der Waals surface area (Å²) in [5, 5.41) is 5.35. The van der Waals surface area contributed by atoms with E-state index in [2.05, 4.69) is 25.3 Å². The first-order chi connectivity index (χ1) is 13.3. The molecule has 0 aromatic carbocycles. The smallest absolute Gasteiger partial charge is 0.425 e. The summed E-state index contributed by atoms with van der Waals surface area (Å²) in [6.07, 6.45) is -5.32. The zero-order valence-electron chi connectivity index (χ0n) is 15.0. The van der Waals surface area contributed by atoms with Crippen LogP contribution in [0.4, 0.5) is 26.3 Å². The number of nitrogens with one attached hydrogen (secondary N) is 2. The highest BCUT2D eigenvalue weighted by Gasteiger charge is 2.39. The van der Waals surface area contributed by atoms with Gasteiger partial charge in [0, 0.05) is 23.7 Å². The lowest BCUT2D eigenvalue weighted by Gasteiger charge is -2.23. The van der Waals surface area contributed by atoms with Crippen molar-refractivity contribution in [2.24, 2.45) is 4.99 Å². The van der Waals surface area contributed by atoms with E-state index >= 15 is 0 Å². The Hall–Kier alpha value is -2.15. The molecule has 0 bridgehead atoms. The van der Waals surface area contributed by atoms with Gasteiger partial charge in [0.15, 0.2) is 11.9 Å². The average molecular weight is 489 g/mol. The van der Waals surface area contributed by atoms with E-state index in [-0.39, 0.29) is 11.3 Å². The topological polar surface area (TPSA) is 75.6 Å². The Kier molecular flexibility index (Phi) is 6.93. The molecule has 0 amide bonds. The van der Waals surface area contributed by atoms with E-state index < -0.39 is 47.3 Å². The van der Waals surface area contributed by atoms with Crippen LogP contribution in [0.2, 0.25) is 0 Å². The molecular weight excluding hydrogens is 474 g/mol. The number of rotatable bonds is 7. The molecule has 13 heteroatoms. The van der Waals surface area contributed by atoms with Gasteiger partial charge in [0.25, 0.3) is 5.88 Å². The van der Waals surface area contributed by atoms with Gasteiger partial charge in [0.2, 0.25) is 5.78 Å². The summed E-state index contributed by atoms with van der Waals surface area (Å²) in [7, 11) is 0. The Bertz CT molecular complexity index is 838. The van der Waals surface area contributed by atoms with Crippen molar-refractivity contribution in [3.05, 3.63) is 29.3 Å². The number of aromatic nitrogens is 1. The highest BCUT2D eigenvalue weighted by molar-refractivity contribution is 9.10. The maximum absolute atomic E-state index is 14.1. The van der Waals surface area contributed by atoms with Crippen molar-refractivity contribution in [1.82, 2.24) is 15.6 Å². The van der Waals surface area contributed by atoms with Crippen LogP contribution >= 0.6 is 15.9 Å². The summed E-state index contributed by atoms with van der Waals surface area (Å²) in [4.78, 5) is 15.2. The third kappa shape index (κ3) is 6.16. The third-order valence-electron chi connectivity index (χ3n) is 3.71. The van der Waals surface area contributed by atoms with Gasteiger partial charge in [0.05, 0.1) is 12.2 Å². The zero-order chi connectivity index (χ0) is 22.0. The van der Waals surface area contributed by atoms with Crippen molar-refractivity contribution < 1.29 is 35.9 Å². The van der Waals surface area contributed by atoms with Gasteiger partial charge in [0.1, 0.15) is 6.17 Å². The first-order valence-corrected chi connectivity index (χ1v) is 8.82. The second-order valence-corrected chi connectivity index (χ2v) is 6.98. The fourth-order valence-corrected chi connectivity index (χ4v) is 2.30. The quantitative estimate of drug-likeness (QED) is 0.454. The third-order valence-corrected chi connectivity index (χ3v) is 4.15. The first-order valence-electron chi connectivity index (χ1n) is 8.03. The fraction of sp³-hybridized carbons (Fsp3) is 0.438. The number of hydrogen-bond donors (Lipinski definition) is 2. The van der Waals surface area contributed by atoms with Crippen molar-refractivity contribution in [3.63, 3.8) is 0 Å². The van der Waals surface area contributed by atoms with Gasteiger partial charge in [-0.05, 0) is 35.8 Å². The number of ether oxygens (including phenoxy) is 1. The number of aliphatic imine (C=N–C) groups is 1. The molecular formula is C16H15BrF6N4O2. The van der Waals surface area contributed by atoms with Crippen molar-refractivity contribution >= 4 is 33.6 Å². The molecule has 2 N–H and O–H groups in total.